The highest BCUT2D eigenvalue weighted by molar-refractivity contribution is 6.74. The molecule has 3 heterocycles. The summed E-state index contributed by atoms with van der Waals surface area (Å²) in [6, 6.07) is 5.59. The first-order chi connectivity index (χ1) is 11.6. The van der Waals surface area contributed by atoms with Crippen molar-refractivity contribution in [1.29, 1.82) is 0 Å². The van der Waals surface area contributed by atoms with Crippen LogP contribution < -0.4 is 9.89 Å². The molecule has 2 N–H and O–H groups in total. The third-order valence-electron chi connectivity index (χ3n) is 6.08. The predicted molar refractivity (Wildman–Crippen MR) is 106 cm³/mol. The molecule has 0 saturated carbocycles. The summed E-state index contributed by atoms with van der Waals surface area (Å²) in [6.07, 6.45) is 4.58. The van der Waals surface area contributed by atoms with E-state index >= 15 is 0 Å². The highest BCUT2D eigenvalue weighted by Crippen LogP contribution is 2.43. The van der Waals surface area contributed by atoms with Crippen LogP contribution in [0.4, 0.5) is 0 Å². The molecule has 25 heavy (non-hydrogen) atoms. The zero-order chi connectivity index (χ0) is 18.4. The van der Waals surface area contributed by atoms with E-state index in [1.807, 2.05) is 12.1 Å². The maximum absolute atomic E-state index is 9.62. The van der Waals surface area contributed by atoms with Crippen LogP contribution in [0.3, 0.4) is 0 Å². The zero-order valence-electron chi connectivity index (χ0n) is 16.0. The maximum atomic E-state index is 9.62. The Labute approximate surface area is 152 Å². The molecule has 3 aliphatic heterocycles. The van der Waals surface area contributed by atoms with Gasteiger partial charge < -0.3 is 19.4 Å². The standard InChI is InChI=1S/C19H30BNO3Si/c1-19(2,3)25(4,5)24-18-7-6-15(20(22)23)12-16(18)17-13-21-10-8-14(17)9-11-21/h6-7,12-14,22-23H,8-11H2,1-5H3. The van der Waals surface area contributed by atoms with Gasteiger partial charge in [-0.05, 0) is 54.0 Å². The monoisotopic (exact) mass is 359 g/mol. The molecule has 0 radical (unpaired) electrons. The molecule has 4 nitrogen and oxygen atoms in total. The molecule has 136 valence electrons. The van der Waals surface area contributed by atoms with Crippen LogP contribution in [-0.4, -0.2) is 43.5 Å². The summed E-state index contributed by atoms with van der Waals surface area (Å²) >= 11 is 0. The molecule has 0 atom stereocenters. The first kappa shape index (κ1) is 18.5. The van der Waals surface area contributed by atoms with Gasteiger partial charge in [-0.3, -0.25) is 0 Å². The topological polar surface area (TPSA) is 52.9 Å². The Morgan fingerprint density at radius 3 is 2.28 bits per heavy atom. The Bertz CT molecular complexity index is 674. The van der Waals surface area contributed by atoms with E-state index in [-0.39, 0.29) is 5.04 Å². The van der Waals surface area contributed by atoms with E-state index < -0.39 is 15.4 Å². The molecule has 6 heteroatoms. The highest BCUT2D eigenvalue weighted by atomic mass is 28.4. The van der Waals surface area contributed by atoms with Crippen molar-refractivity contribution in [2.45, 2.75) is 51.7 Å². The molecule has 2 bridgehead atoms. The summed E-state index contributed by atoms with van der Waals surface area (Å²) in [7, 11) is -3.43. The summed E-state index contributed by atoms with van der Waals surface area (Å²) in [4.78, 5) is 2.37. The molecule has 0 aliphatic carbocycles. The molecule has 0 aromatic heterocycles. The second kappa shape index (κ2) is 6.49. The molecule has 1 fully saturated rings. The van der Waals surface area contributed by atoms with E-state index in [2.05, 4.69) is 45.0 Å². The van der Waals surface area contributed by atoms with Crippen LogP contribution >= 0.6 is 0 Å². The maximum Gasteiger partial charge on any atom is 0.488 e. The average molecular weight is 359 g/mol. The summed E-state index contributed by atoms with van der Waals surface area (Å²) in [5.74, 6) is 1.42. The second-order valence-electron chi connectivity index (χ2n) is 8.89. The van der Waals surface area contributed by atoms with Gasteiger partial charge in [-0.1, -0.05) is 32.9 Å². The summed E-state index contributed by atoms with van der Waals surface area (Å²) in [6.45, 7) is 13.4. The van der Waals surface area contributed by atoms with Gasteiger partial charge in [0.1, 0.15) is 5.75 Å². The van der Waals surface area contributed by atoms with Crippen molar-refractivity contribution in [2.24, 2.45) is 5.92 Å². The molecule has 4 rings (SSSR count). The largest absolute Gasteiger partial charge is 0.543 e. The number of piperidine rings is 1. The van der Waals surface area contributed by atoms with Crippen molar-refractivity contribution in [1.82, 2.24) is 4.90 Å². The fourth-order valence-corrected chi connectivity index (χ4v) is 4.42. The Morgan fingerprint density at radius 2 is 1.80 bits per heavy atom. The number of allylic oxidation sites excluding steroid dienone is 1. The van der Waals surface area contributed by atoms with Crippen LogP contribution in [0.2, 0.25) is 18.1 Å². The second-order valence-corrected chi connectivity index (χ2v) is 13.6. The lowest BCUT2D eigenvalue weighted by Gasteiger charge is -2.41. The predicted octanol–water partition coefficient (Wildman–Crippen LogP) is 2.82. The molecule has 0 unspecified atom stereocenters. The molecular weight excluding hydrogens is 329 g/mol. The molecule has 1 aromatic rings. The van der Waals surface area contributed by atoms with Crippen LogP contribution in [0.15, 0.2) is 24.4 Å². The molecule has 3 aliphatic rings. The van der Waals surface area contributed by atoms with Gasteiger partial charge in [0.15, 0.2) is 0 Å². The Hall–Kier alpha value is -1.24. The minimum Gasteiger partial charge on any atom is -0.543 e. The number of hydrogen-bond donors (Lipinski definition) is 2. The normalized spacial score (nSPS) is 18.4. The first-order valence-corrected chi connectivity index (χ1v) is 12.1. The van der Waals surface area contributed by atoms with Crippen molar-refractivity contribution in [3.63, 3.8) is 0 Å². The van der Waals surface area contributed by atoms with Crippen LogP contribution in [0.5, 0.6) is 5.75 Å². The van der Waals surface area contributed by atoms with Crippen molar-refractivity contribution >= 4 is 26.5 Å². The third kappa shape index (κ3) is 3.66. The molecule has 0 spiro atoms. The van der Waals surface area contributed by atoms with Crippen molar-refractivity contribution in [3.05, 3.63) is 30.0 Å². The minimum atomic E-state index is -1.97. The zero-order valence-corrected chi connectivity index (χ0v) is 17.0. The van der Waals surface area contributed by atoms with Gasteiger partial charge in [-0.15, -0.1) is 0 Å². The number of rotatable bonds is 4. The summed E-state index contributed by atoms with van der Waals surface area (Å²) in [5.41, 5.74) is 2.84. The molecular formula is C19H30BNO3Si. The van der Waals surface area contributed by atoms with Gasteiger partial charge in [-0.25, -0.2) is 0 Å². The van der Waals surface area contributed by atoms with Gasteiger partial charge >= 0.3 is 7.12 Å². The SMILES string of the molecule is CC(C)(C)[Si](C)(C)Oc1ccc(B(O)O)cc1C1=CN2CCC1CC2. The lowest BCUT2D eigenvalue weighted by Crippen LogP contribution is -2.44. The fourth-order valence-electron chi connectivity index (χ4n) is 3.38. The van der Waals surface area contributed by atoms with E-state index in [1.54, 1.807) is 6.07 Å². The Kier molecular flexibility index (Phi) is 4.81. The Morgan fingerprint density at radius 1 is 1.16 bits per heavy atom. The van der Waals surface area contributed by atoms with Crippen LogP contribution in [-0.2, 0) is 0 Å². The summed E-state index contributed by atoms with van der Waals surface area (Å²) < 4.78 is 6.61. The van der Waals surface area contributed by atoms with Gasteiger partial charge in [0.25, 0.3) is 8.32 Å². The van der Waals surface area contributed by atoms with Gasteiger partial charge in [0.05, 0.1) is 0 Å². The minimum absolute atomic E-state index is 0.114. The van der Waals surface area contributed by atoms with E-state index in [0.29, 0.717) is 11.4 Å². The highest BCUT2D eigenvalue weighted by Gasteiger charge is 2.40. The van der Waals surface area contributed by atoms with E-state index in [9.17, 15) is 10.0 Å². The quantitative estimate of drug-likeness (QED) is 0.812. The first-order valence-electron chi connectivity index (χ1n) is 9.24. The number of benzene rings is 1. The van der Waals surface area contributed by atoms with Crippen LogP contribution in [0.25, 0.3) is 5.57 Å². The lowest BCUT2D eigenvalue weighted by atomic mass is 9.76. The van der Waals surface area contributed by atoms with Crippen molar-refractivity contribution < 1.29 is 14.5 Å². The van der Waals surface area contributed by atoms with Gasteiger partial charge in [-0.2, -0.15) is 0 Å². The molecule has 1 saturated heterocycles. The molecule has 1 aromatic carbocycles. The van der Waals surface area contributed by atoms with Crippen molar-refractivity contribution in [3.8, 4) is 5.75 Å². The molecule has 0 amide bonds. The third-order valence-corrected chi connectivity index (χ3v) is 10.4. The Balaban J connectivity index is 2.04. The fraction of sp³-hybridized carbons (Fsp3) is 0.579. The number of nitrogens with zero attached hydrogens (tertiary/aromatic N) is 1. The van der Waals surface area contributed by atoms with E-state index in [0.717, 1.165) is 37.2 Å². The van der Waals surface area contributed by atoms with Gasteiger partial charge in [0.2, 0.25) is 0 Å². The number of fused-ring (bicyclic) bond motifs is 2. The lowest BCUT2D eigenvalue weighted by molar-refractivity contribution is 0.252. The smallest absolute Gasteiger partial charge is 0.488 e. The van der Waals surface area contributed by atoms with Crippen LogP contribution in [0.1, 0.15) is 39.2 Å². The number of hydrogen-bond acceptors (Lipinski definition) is 4. The average Bonchev–Trinajstić information content (AvgIpc) is 2.54. The van der Waals surface area contributed by atoms with Gasteiger partial charge in [0, 0.05) is 24.9 Å². The van der Waals surface area contributed by atoms with Crippen LogP contribution in [0, 0.1) is 5.92 Å². The van der Waals surface area contributed by atoms with E-state index in [4.69, 9.17) is 4.43 Å². The van der Waals surface area contributed by atoms with Crippen molar-refractivity contribution in [2.75, 3.05) is 13.1 Å². The van der Waals surface area contributed by atoms with E-state index in [1.165, 1.54) is 5.57 Å². The summed E-state index contributed by atoms with van der Waals surface area (Å²) in [5, 5.41) is 19.4.